The van der Waals surface area contributed by atoms with Crippen LogP contribution in [-0.4, -0.2) is 19.1 Å². The number of rotatable bonds is 4. The van der Waals surface area contributed by atoms with Gasteiger partial charge in [-0.3, -0.25) is 0 Å². The second kappa shape index (κ2) is 8.46. The van der Waals surface area contributed by atoms with Gasteiger partial charge >= 0.3 is 0 Å². The molecule has 2 nitrogen and oxygen atoms in total. The molecule has 0 saturated heterocycles. The highest BCUT2D eigenvalue weighted by Gasteiger charge is 2.31. The summed E-state index contributed by atoms with van der Waals surface area (Å²) in [4.78, 5) is 7.66. The minimum absolute atomic E-state index is 1.01. The maximum Gasteiger partial charge on any atom is 0.0795 e. The smallest absolute Gasteiger partial charge is 0.0795 e. The Labute approximate surface area is 217 Å². The van der Waals surface area contributed by atoms with Gasteiger partial charge in [0.25, 0.3) is 0 Å². The fourth-order valence-electron chi connectivity index (χ4n) is 5.71. The Morgan fingerprint density at radius 2 is 1.05 bits per heavy atom. The Morgan fingerprint density at radius 1 is 0.486 bits per heavy atom. The standard InChI is InChI=1S/C35H26N2/c1-37(2)27-19-9-18-26(22-27)35-31(24-12-5-3-6-13-24)32-28-20-10-16-23-17-11-21-29(30(23)28)33(32)34(36-35)25-14-7-4-8-15-25/h3-22H,1-2H3. The molecule has 0 fully saturated rings. The zero-order chi connectivity index (χ0) is 24.9. The van der Waals surface area contributed by atoms with E-state index in [9.17, 15) is 0 Å². The van der Waals surface area contributed by atoms with Gasteiger partial charge in [0.05, 0.1) is 11.4 Å². The molecule has 0 N–H and O–H groups in total. The summed E-state index contributed by atoms with van der Waals surface area (Å²) in [7, 11) is 4.17. The molecule has 5 aromatic carbocycles. The van der Waals surface area contributed by atoms with Crippen LogP contribution in [0, 0.1) is 0 Å². The molecule has 1 aromatic heterocycles. The van der Waals surface area contributed by atoms with Gasteiger partial charge in [-0.1, -0.05) is 109 Å². The van der Waals surface area contributed by atoms with Crippen LogP contribution in [0.1, 0.15) is 0 Å². The zero-order valence-corrected chi connectivity index (χ0v) is 20.9. The zero-order valence-electron chi connectivity index (χ0n) is 20.9. The van der Waals surface area contributed by atoms with Gasteiger partial charge in [-0.25, -0.2) is 4.98 Å². The molecule has 0 bridgehead atoms. The average molecular weight is 475 g/mol. The second-order valence-electron chi connectivity index (χ2n) is 9.82. The molecule has 37 heavy (non-hydrogen) atoms. The van der Waals surface area contributed by atoms with E-state index < -0.39 is 0 Å². The van der Waals surface area contributed by atoms with E-state index in [1.54, 1.807) is 0 Å². The predicted octanol–water partition coefficient (Wildman–Crippen LogP) is 8.95. The van der Waals surface area contributed by atoms with Crippen molar-refractivity contribution in [2.45, 2.75) is 0 Å². The van der Waals surface area contributed by atoms with Crippen molar-refractivity contribution < 1.29 is 0 Å². The first kappa shape index (κ1) is 21.6. The van der Waals surface area contributed by atoms with E-state index in [4.69, 9.17) is 4.98 Å². The van der Waals surface area contributed by atoms with E-state index in [2.05, 4.69) is 140 Å². The van der Waals surface area contributed by atoms with Crippen LogP contribution in [0.2, 0.25) is 0 Å². The van der Waals surface area contributed by atoms with Gasteiger partial charge in [0.1, 0.15) is 0 Å². The van der Waals surface area contributed by atoms with Gasteiger partial charge in [-0.15, -0.1) is 0 Å². The first-order chi connectivity index (χ1) is 18.2. The van der Waals surface area contributed by atoms with E-state index in [0.717, 1.165) is 28.2 Å². The number of nitrogens with zero attached hydrogens (tertiary/aromatic N) is 2. The molecule has 0 spiro atoms. The van der Waals surface area contributed by atoms with E-state index in [-0.39, 0.29) is 0 Å². The van der Waals surface area contributed by atoms with E-state index >= 15 is 0 Å². The minimum Gasteiger partial charge on any atom is -0.378 e. The summed E-state index contributed by atoms with van der Waals surface area (Å²) in [5.41, 5.74) is 12.9. The third-order valence-corrected chi connectivity index (χ3v) is 7.39. The Hall–Kier alpha value is -4.69. The Balaban J connectivity index is 1.68. The predicted molar refractivity (Wildman–Crippen MR) is 157 cm³/mol. The van der Waals surface area contributed by atoms with Gasteiger partial charge in [0, 0.05) is 47.6 Å². The highest BCUT2D eigenvalue weighted by molar-refractivity contribution is 6.21. The van der Waals surface area contributed by atoms with Crippen molar-refractivity contribution in [3.63, 3.8) is 0 Å². The maximum absolute atomic E-state index is 5.51. The first-order valence-corrected chi connectivity index (χ1v) is 12.7. The number of pyridine rings is 1. The molecular weight excluding hydrogens is 448 g/mol. The number of benzene rings is 5. The summed E-state index contributed by atoms with van der Waals surface area (Å²) >= 11 is 0. The molecule has 1 aliphatic rings. The third kappa shape index (κ3) is 3.37. The number of anilines is 1. The molecule has 0 atom stereocenters. The number of hydrogen-bond acceptors (Lipinski definition) is 2. The average Bonchev–Trinajstić information content (AvgIpc) is 3.29. The molecule has 6 aromatic rings. The molecule has 2 heteroatoms. The number of fused-ring (bicyclic) bond motifs is 3. The number of aromatic nitrogens is 1. The minimum atomic E-state index is 1.01. The molecule has 7 rings (SSSR count). The van der Waals surface area contributed by atoms with E-state index in [1.165, 1.54) is 44.2 Å². The maximum atomic E-state index is 5.51. The van der Waals surface area contributed by atoms with Gasteiger partial charge in [0.2, 0.25) is 0 Å². The molecule has 1 heterocycles. The molecule has 176 valence electrons. The quantitative estimate of drug-likeness (QED) is 0.253. The van der Waals surface area contributed by atoms with Crippen LogP contribution in [-0.2, 0) is 0 Å². The highest BCUT2D eigenvalue weighted by Crippen LogP contribution is 2.55. The lowest BCUT2D eigenvalue weighted by molar-refractivity contribution is 1.13. The van der Waals surface area contributed by atoms with Crippen LogP contribution in [0.25, 0.3) is 66.7 Å². The second-order valence-corrected chi connectivity index (χ2v) is 9.82. The molecular formula is C35H26N2. The van der Waals surface area contributed by atoms with Crippen LogP contribution in [0.5, 0.6) is 0 Å². The highest BCUT2D eigenvalue weighted by atomic mass is 15.1. The first-order valence-electron chi connectivity index (χ1n) is 12.7. The fraction of sp³-hybridized carbons (Fsp3) is 0.0571. The van der Waals surface area contributed by atoms with E-state index in [1.807, 2.05) is 0 Å². The number of hydrogen-bond donors (Lipinski definition) is 0. The fourth-order valence-corrected chi connectivity index (χ4v) is 5.71. The topological polar surface area (TPSA) is 16.1 Å². The van der Waals surface area contributed by atoms with Crippen molar-refractivity contribution in [1.29, 1.82) is 0 Å². The van der Waals surface area contributed by atoms with Crippen LogP contribution in [0.15, 0.2) is 121 Å². The summed E-state index contributed by atoms with van der Waals surface area (Å²) in [6.45, 7) is 0. The van der Waals surface area contributed by atoms with Crippen LogP contribution < -0.4 is 4.90 Å². The van der Waals surface area contributed by atoms with Gasteiger partial charge in [-0.2, -0.15) is 0 Å². The molecule has 0 saturated carbocycles. The molecule has 0 radical (unpaired) electrons. The SMILES string of the molecule is CN(C)c1cccc(-c2nc(-c3ccccc3)c3c(c2-c2ccccc2)-c2cccc4cccc-3c24)c1. The van der Waals surface area contributed by atoms with Gasteiger partial charge < -0.3 is 4.90 Å². The Bertz CT molecular complexity index is 1780. The van der Waals surface area contributed by atoms with Crippen molar-refractivity contribution in [3.8, 4) is 55.9 Å². The van der Waals surface area contributed by atoms with Crippen molar-refractivity contribution in [2.75, 3.05) is 19.0 Å². The summed E-state index contributed by atoms with van der Waals surface area (Å²) < 4.78 is 0. The Kier molecular flexibility index (Phi) is 4.93. The third-order valence-electron chi connectivity index (χ3n) is 7.39. The lowest BCUT2D eigenvalue weighted by Crippen LogP contribution is -2.08. The van der Waals surface area contributed by atoms with Crippen molar-refractivity contribution >= 4 is 16.5 Å². The van der Waals surface area contributed by atoms with Crippen LogP contribution in [0.3, 0.4) is 0 Å². The summed E-state index contributed by atoms with van der Waals surface area (Å²) in [6.07, 6.45) is 0. The monoisotopic (exact) mass is 474 g/mol. The van der Waals surface area contributed by atoms with Crippen molar-refractivity contribution in [1.82, 2.24) is 4.98 Å². The summed E-state index contributed by atoms with van der Waals surface area (Å²) in [6, 6.07) is 43.4. The lowest BCUT2D eigenvalue weighted by Gasteiger charge is -2.20. The summed E-state index contributed by atoms with van der Waals surface area (Å²) in [5.74, 6) is 0. The molecule has 0 unspecified atom stereocenters. The Morgan fingerprint density at radius 3 is 1.73 bits per heavy atom. The van der Waals surface area contributed by atoms with Gasteiger partial charge in [-0.05, 0) is 39.6 Å². The van der Waals surface area contributed by atoms with Crippen LogP contribution >= 0.6 is 0 Å². The molecule has 1 aliphatic carbocycles. The normalized spacial score (nSPS) is 11.5. The summed E-state index contributed by atoms with van der Waals surface area (Å²) in [5, 5.41) is 2.58. The van der Waals surface area contributed by atoms with Crippen LogP contribution in [0.4, 0.5) is 5.69 Å². The lowest BCUT2D eigenvalue weighted by atomic mass is 9.87. The largest absolute Gasteiger partial charge is 0.378 e. The van der Waals surface area contributed by atoms with Crippen molar-refractivity contribution in [3.05, 3.63) is 121 Å². The van der Waals surface area contributed by atoms with Crippen molar-refractivity contribution in [2.24, 2.45) is 0 Å². The van der Waals surface area contributed by atoms with Gasteiger partial charge in [0.15, 0.2) is 0 Å². The van der Waals surface area contributed by atoms with E-state index in [0.29, 0.717) is 0 Å². The molecule has 0 amide bonds. The molecule has 0 aliphatic heterocycles.